The topological polar surface area (TPSA) is 78.9 Å². The molecular weight excluding hydrogens is 757 g/mol. The van der Waals surface area contributed by atoms with Gasteiger partial charge in [0.25, 0.3) is 0 Å². The van der Waals surface area contributed by atoms with E-state index >= 15 is 0 Å². The molecule has 0 saturated carbocycles. The van der Waals surface area contributed by atoms with Crippen LogP contribution in [-0.4, -0.2) is 37.2 Å². The van der Waals surface area contributed by atoms with Crippen LogP contribution in [0.5, 0.6) is 0 Å². The second-order valence-corrected chi connectivity index (χ2v) is 16.7. The maximum Gasteiger partial charge on any atom is 0.306 e. The highest BCUT2D eigenvalue weighted by molar-refractivity contribution is 5.71. The standard InChI is InChI=1S/C55H94O6/c1-4-7-10-13-16-18-20-22-24-25-26-27-28-29-31-32-34-36-39-42-45-48-54(57)60-51-52(50-59-53(56)47-44-41-38-15-12-9-6-3)61-55(58)49-46-43-40-37-35-33-30-23-21-19-17-14-11-8-5-2/h7,10,16,18,22,24,26-27,29,31,34,36,52H,4-6,8-9,11-15,17,19-21,23,25,28,30,32-33,35,37-51H2,1-3H3/b10-7-,18-16-,24-22-,27-26-,31-29-,36-34-. The second-order valence-electron chi connectivity index (χ2n) is 16.7. The van der Waals surface area contributed by atoms with Crippen LogP contribution in [-0.2, 0) is 28.6 Å². The molecule has 0 spiro atoms. The lowest BCUT2D eigenvalue weighted by atomic mass is 10.0. The van der Waals surface area contributed by atoms with Crippen LogP contribution in [0.25, 0.3) is 0 Å². The van der Waals surface area contributed by atoms with Crippen LogP contribution in [0, 0.1) is 0 Å². The van der Waals surface area contributed by atoms with E-state index in [-0.39, 0.29) is 31.1 Å². The molecule has 0 rings (SSSR count). The molecular formula is C55H94O6. The molecule has 0 aromatic carbocycles. The molecule has 1 unspecified atom stereocenters. The zero-order valence-electron chi connectivity index (χ0n) is 39.9. The number of hydrogen-bond donors (Lipinski definition) is 0. The summed E-state index contributed by atoms with van der Waals surface area (Å²) in [7, 11) is 0. The third kappa shape index (κ3) is 47.7. The van der Waals surface area contributed by atoms with Crippen molar-refractivity contribution >= 4 is 17.9 Å². The zero-order valence-corrected chi connectivity index (χ0v) is 39.9. The number of carbonyl (C=O) groups is 3. The van der Waals surface area contributed by atoms with Crippen molar-refractivity contribution in [3.63, 3.8) is 0 Å². The molecule has 350 valence electrons. The van der Waals surface area contributed by atoms with Gasteiger partial charge in [-0.2, -0.15) is 0 Å². The Kier molecular flexibility index (Phi) is 46.9. The van der Waals surface area contributed by atoms with Crippen LogP contribution in [0.2, 0.25) is 0 Å². The molecule has 0 fully saturated rings. The Labute approximate surface area is 376 Å². The van der Waals surface area contributed by atoms with Gasteiger partial charge in [-0.25, -0.2) is 0 Å². The van der Waals surface area contributed by atoms with Crippen molar-refractivity contribution in [2.45, 2.75) is 245 Å². The summed E-state index contributed by atoms with van der Waals surface area (Å²) in [6, 6.07) is 0. The molecule has 6 heteroatoms. The smallest absolute Gasteiger partial charge is 0.306 e. The van der Waals surface area contributed by atoms with Gasteiger partial charge in [-0.3, -0.25) is 14.4 Å². The average molecular weight is 851 g/mol. The van der Waals surface area contributed by atoms with E-state index in [4.69, 9.17) is 14.2 Å². The van der Waals surface area contributed by atoms with Crippen LogP contribution >= 0.6 is 0 Å². The van der Waals surface area contributed by atoms with Crippen molar-refractivity contribution in [2.24, 2.45) is 0 Å². The third-order valence-corrected chi connectivity index (χ3v) is 10.7. The third-order valence-electron chi connectivity index (χ3n) is 10.7. The van der Waals surface area contributed by atoms with Gasteiger partial charge in [0.15, 0.2) is 6.10 Å². The van der Waals surface area contributed by atoms with Crippen LogP contribution in [0.3, 0.4) is 0 Å². The van der Waals surface area contributed by atoms with Crippen molar-refractivity contribution in [1.82, 2.24) is 0 Å². The molecule has 1 atom stereocenters. The summed E-state index contributed by atoms with van der Waals surface area (Å²) >= 11 is 0. The number of hydrogen-bond acceptors (Lipinski definition) is 6. The van der Waals surface area contributed by atoms with Gasteiger partial charge in [0.2, 0.25) is 0 Å². The summed E-state index contributed by atoms with van der Waals surface area (Å²) in [4.78, 5) is 37.8. The van der Waals surface area contributed by atoms with Gasteiger partial charge < -0.3 is 14.2 Å². The van der Waals surface area contributed by atoms with Crippen LogP contribution in [0.4, 0.5) is 0 Å². The fraction of sp³-hybridized carbons (Fsp3) is 0.727. The van der Waals surface area contributed by atoms with Crippen LogP contribution in [0.1, 0.15) is 239 Å². The SMILES string of the molecule is CC/C=C\C/C=C\C/C=C\C/C=C\C/C=C\C/C=C\CCCCC(=O)OCC(COC(=O)CCCCCCCCC)OC(=O)CCCCCCCCCCCCCCCCC. The predicted molar refractivity (Wildman–Crippen MR) is 261 cm³/mol. The van der Waals surface area contributed by atoms with Crippen molar-refractivity contribution in [3.05, 3.63) is 72.9 Å². The monoisotopic (exact) mass is 851 g/mol. The Morgan fingerprint density at radius 1 is 0.344 bits per heavy atom. The van der Waals surface area contributed by atoms with Gasteiger partial charge >= 0.3 is 17.9 Å². The molecule has 0 N–H and O–H groups in total. The molecule has 0 heterocycles. The molecule has 0 aromatic heterocycles. The molecule has 0 aliphatic heterocycles. The quantitative estimate of drug-likeness (QED) is 0.0263. The normalized spacial score (nSPS) is 12.6. The number of carbonyl (C=O) groups excluding carboxylic acids is 3. The first-order valence-corrected chi connectivity index (χ1v) is 25.4. The summed E-state index contributed by atoms with van der Waals surface area (Å²) in [5.41, 5.74) is 0. The average Bonchev–Trinajstić information content (AvgIpc) is 3.26. The van der Waals surface area contributed by atoms with E-state index in [1.54, 1.807) is 0 Å². The summed E-state index contributed by atoms with van der Waals surface area (Å²) in [5, 5.41) is 0. The number of allylic oxidation sites excluding steroid dienone is 12. The largest absolute Gasteiger partial charge is 0.462 e. The highest BCUT2D eigenvalue weighted by atomic mass is 16.6. The van der Waals surface area contributed by atoms with Gasteiger partial charge in [-0.1, -0.05) is 222 Å². The molecule has 0 aliphatic rings. The Balaban J connectivity index is 4.33. The first kappa shape index (κ1) is 57.9. The number of esters is 3. The Morgan fingerprint density at radius 3 is 1.00 bits per heavy atom. The van der Waals surface area contributed by atoms with E-state index in [0.717, 1.165) is 96.3 Å². The lowest BCUT2D eigenvalue weighted by Gasteiger charge is -2.18. The van der Waals surface area contributed by atoms with Gasteiger partial charge in [0, 0.05) is 19.3 Å². The highest BCUT2D eigenvalue weighted by Crippen LogP contribution is 2.15. The molecule has 0 amide bonds. The summed E-state index contributed by atoms with van der Waals surface area (Å²) in [6.07, 6.45) is 61.9. The van der Waals surface area contributed by atoms with Crippen LogP contribution < -0.4 is 0 Å². The minimum Gasteiger partial charge on any atom is -0.462 e. The Hall–Kier alpha value is -3.15. The fourth-order valence-corrected chi connectivity index (χ4v) is 6.92. The van der Waals surface area contributed by atoms with E-state index < -0.39 is 6.10 Å². The lowest BCUT2D eigenvalue weighted by Crippen LogP contribution is -2.30. The van der Waals surface area contributed by atoms with Gasteiger partial charge in [0.1, 0.15) is 13.2 Å². The summed E-state index contributed by atoms with van der Waals surface area (Å²) in [6.45, 7) is 6.45. The maximum absolute atomic E-state index is 12.7. The van der Waals surface area contributed by atoms with Crippen molar-refractivity contribution < 1.29 is 28.6 Å². The lowest BCUT2D eigenvalue weighted by molar-refractivity contribution is -0.167. The Bertz CT molecular complexity index is 1160. The molecule has 0 aromatic rings. The molecule has 61 heavy (non-hydrogen) atoms. The molecule has 0 saturated heterocycles. The zero-order chi connectivity index (χ0) is 44.4. The highest BCUT2D eigenvalue weighted by Gasteiger charge is 2.19. The molecule has 6 nitrogen and oxygen atoms in total. The second kappa shape index (κ2) is 49.5. The Morgan fingerprint density at radius 2 is 0.639 bits per heavy atom. The van der Waals surface area contributed by atoms with Crippen LogP contribution in [0.15, 0.2) is 72.9 Å². The summed E-state index contributed by atoms with van der Waals surface area (Å²) < 4.78 is 16.7. The van der Waals surface area contributed by atoms with Crippen molar-refractivity contribution in [3.8, 4) is 0 Å². The van der Waals surface area contributed by atoms with E-state index in [0.29, 0.717) is 19.3 Å². The molecule has 0 bridgehead atoms. The molecule has 0 aliphatic carbocycles. The van der Waals surface area contributed by atoms with Gasteiger partial charge in [-0.05, 0) is 70.6 Å². The van der Waals surface area contributed by atoms with Crippen molar-refractivity contribution in [1.29, 1.82) is 0 Å². The summed E-state index contributed by atoms with van der Waals surface area (Å²) in [5.74, 6) is -0.936. The van der Waals surface area contributed by atoms with E-state index in [9.17, 15) is 14.4 Å². The van der Waals surface area contributed by atoms with E-state index in [1.165, 1.54) is 103 Å². The fourth-order valence-electron chi connectivity index (χ4n) is 6.92. The van der Waals surface area contributed by atoms with Gasteiger partial charge in [0.05, 0.1) is 0 Å². The number of unbranched alkanes of at least 4 members (excludes halogenated alkanes) is 22. The predicted octanol–water partition coefficient (Wildman–Crippen LogP) is 16.6. The van der Waals surface area contributed by atoms with E-state index in [2.05, 4.69) is 93.7 Å². The first-order valence-electron chi connectivity index (χ1n) is 25.4. The van der Waals surface area contributed by atoms with Gasteiger partial charge in [-0.15, -0.1) is 0 Å². The van der Waals surface area contributed by atoms with Crippen molar-refractivity contribution in [2.75, 3.05) is 13.2 Å². The maximum atomic E-state index is 12.7. The first-order chi connectivity index (χ1) is 30.0. The minimum absolute atomic E-state index is 0.0874. The minimum atomic E-state index is -0.787. The molecule has 0 radical (unpaired) electrons. The number of ether oxygens (including phenoxy) is 3. The number of rotatable bonds is 45. The van der Waals surface area contributed by atoms with E-state index in [1.807, 2.05) is 0 Å².